The second kappa shape index (κ2) is 5.84. The smallest absolute Gasteiger partial charge is 0.204 e. The van der Waals surface area contributed by atoms with Gasteiger partial charge in [-0.2, -0.15) is 4.80 Å². The molecule has 0 aliphatic heterocycles. The molecule has 0 atom stereocenters. The van der Waals surface area contributed by atoms with Crippen LogP contribution < -0.4 is 0 Å². The van der Waals surface area contributed by atoms with Gasteiger partial charge in [0.15, 0.2) is 5.76 Å². The van der Waals surface area contributed by atoms with Crippen LogP contribution in [0.5, 0.6) is 0 Å². The molecule has 0 radical (unpaired) electrons. The molecule has 2 aromatic carbocycles. The van der Waals surface area contributed by atoms with E-state index in [0.29, 0.717) is 12.4 Å². The third-order valence-corrected chi connectivity index (χ3v) is 3.41. The molecule has 2 heterocycles. The summed E-state index contributed by atoms with van der Waals surface area (Å²) in [7, 11) is 0. The van der Waals surface area contributed by atoms with Crippen LogP contribution in [0.3, 0.4) is 0 Å². The largest absolute Gasteiger partial charge is 0.356 e. The average molecular weight is 303 g/mol. The molecular formula is C17H13N5O. The lowest BCUT2D eigenvalue weighted by Gasteiger charge is -1.93. The van der Waals surface area contributed by atoms with Crippen molar-refractivity contribution < 1.29 is 4.52 Å². The first-order chi connectivity index (χ1) is 11.4. The van der Waals surface area contributed by atoms with Gasteiger partial charge >= 0.3 is 0 Å². The van der Waals surface area contributed by atoms with Gasteiger partial charge in [-0.25, -0.2) is 0 Å². The van der Waals surface area contributed by atoms with Crippen molar-refractivity contribution in [3.05, 3.63) is 72.4 Å². The molecule has 0 aliphatic carbocycles. The van der Waals surface area contributed by atoms with E-state index in [2.05, 4.69) is 20.6 Å². The molecule has 0 fully saturated rings. The van der Waals surface area contributed by atoms with Gasteiger partial charge in [0.2, 0.25) is 5.82 Å². The van der Waals surface area contributed by atoms with E-state index in [1.165, 1.54) is 4.80 Å². The fourth-order valence-electron chi connectivity index (χ4n) is 2.28. The maximum atomic E-state index is 5.38. The molecule has 4 aromatic rings. The van der Waals surface area contributed by atoms with Gasteiger partial charge in [-0.3, -0.25) is 0 Å². The standard InChI is InChI=1S/C17H13N5O/c1-3-7-13(8-4-1)16-11-15(20-23-16)12-22-19-17(18-21-22)14-9-5-2-6-10-14/h1-11H,12H2. The van der Waals surface area contributed by atoms with E-state index >= 15 is 0 Å². The Hall–Kier alpha value is -3.28. The molecule has 4 rings (SSSR count). The van der Waals surface area contributed by atoms with Crippen molar-refractivity contribution in [1.82, 2.24) is 25.4 Å². The predicted molar refractivity (Wildman–Crippen MR) is 84.3 cm³/mol. The zero-order chi connectivity index (χ0) is 15.5. The Bertz CT molecular complexity index is 823. The summed E-state index contributed by atoms with van der Waals surface area (Å²) in [5.74, 6) is 1.32. The Balaban J connectivity index is 1.53. The lowest BCUT2D eigenvalue weighted by atomic mass is 10.2. The van der Waals surface area contributed by atoms with Crippen molar-refractivity contribution >= 4 is 0 Å². The Morgan fingerprint density at radius 2 is 1.57 bits per heavy atom. The third-order valence-electron chi connectivity index (χ3n) is 3.41. The number of nitrogens with zero attached hydrogens (tertiary/aromatic N) is 5. The molecule has 0 saturated heterocycles. The molecule has 0 bridgehead atoms. The summed E-state index contributed by atoms with van der Waals surface area (Å²) in [5.41, 5.74) is 2.67. The van der Waals surface area contributed by atoms with Gasteiger partial charge < -0.3 is 4.52 Å². The third kappa shape index (κ3) is 2.87. The molecule has 0 unspecified atom stereocenters. The monoisotopic (exact) mass is 303 g/mol. The molecule has 6 nitrogen and oxygen atoms in total. The first kappa shape index (κ1) is 13.4. The summed E-state index contributed by atoms with van der Waals surface area (Å²) in [6.07, 6.45) is 0. The fraction of sp³-hybridized carbons (Fsp3) is 0.0588. The van der Waals surface area contributed by atoms with Gasteiger partial charge in [-0.05, 0) is 5.21 Å². The fourth-order valence-corrected chi connectivity index (χ4v) is 2.28. The van der Waals surface area contributed by atoms with E-state index in [4.69, 9.17) is 4.52 Å². The molecule has 0 aliphatic rings. The van der Waals surface area contributed by atoms with Crippen molar-refractivity contribution in [3.8, 4) is 22.7 Å². The highest BCUT2D eigenvalue weighted by Gasteiger charge is 2.10. The summed E-state index contributed by atoms with van der Waals surface area (Å²) in [5, 5.41) is 16.6. The Morgan fingerprint density at radius 3 is 2.30 bits per heavy atom. The molecule has 0 amide bonds. The van der Waals surface area contributed by atoms with Crippen molar-refractivity contribution in [2.24, 2.45) is 0 Å². The SMILES string of the molecule is c1ccc(-c2nnn(Cc3cc(-c4ccccc4)on3)n2)cc1. The minimum atomic E-state index is 0.413. The van der Waals surface area contributed by atoms with Gasteiger partial charge in [0.1, 0.15) is 12.2 Å². The van der Waals surface area contributed by atoms with E-state index in [-0.39, 0.29) is 0 Å². The van der Waals surface area contributed by atoms with Crippen molar-refractivity contribution in [2.45, 2.75) is 6.54 Å². The zero-order valence-corrected chi connectivity index (χ0v) is 12.2. The van der Waals surface area contributed by atoms with Crippen molar-refractivity contribution in [2.75, 3.05) is 0 Å². The maximum absolute atomic E-state index is 5.38. The normalized spacial score (nSPS) is 10.8. The van der Waals surface area contributed by atoms with E-state index in [9.17, 15) is 0 Å². The van der Waals surface area contributed by atoms with Crippen LogP contribution in [0.4, 0.5) is 0 Å². The van der Waals surface area contributed by atoms with E-state index in [0.717, 1.165) is 22.6 Å². The summed E-state index contributed by atoms with van der Waals surface area (Å²) in [6, 6.07) is 21.5. The molecule has 6 heteroatoms. The highest BCUT2D eigenvalue weighted by molar-refractivity contribution is 5.57. The first-order valence-electron chi connectivity index (χ1n) is 7.23. The van der Waals surface area contributed by atoms with Crippen molar-refractivity contribution in [1.29, 1.82) is 0 Å². The summed E-state index contributed by atoms with van der Waals surface area (Å²) in [6.45, 7) is 0.413. The van der Waals surface area contributed by atoms with Crippen LogP contribution in [0.15, 0.2) is 71.3 Å². The van der Waals surface area contributed by atoms with Crippen LogP contribution >= 0.6 is 0 Å². The van der Waals surface area contributed by atoms with E-state index in [1.54, 1.807) is 0 Å². The summed E-state index contributed by atoms with van der Waals surface area (Å²) < 4.78 is 5.38. The highest BCUT2D eigenvalue weighted by Crippen LogP contribution is 2.20. The second-order valence-electron chi connectivity index (χ2n) is 5.06. The number of aromatic nitrogens is 5. The van der Waals surface area contributed by atoms with Crippen LogP contribution in [-0.4, -0.2) is 25.4 Å². The lowest BCUT2D eigenvalue weighted by molar-refractivity contribution is 0.415. The molecule has 23 heavy (non-hydrogen) atoms. The first-order valence-corrected chi connectivity index (χ1v) is 7.23. The summed E-state index contributed by atoms with van der Waals surface area (Å²) >= 11 is 0. The molecule has 112 valence electrons. The van der Waals surface area contributed by atoms with E-state index < -0.39 is 0 Å². The van der Waals surface area contributed by atoms with Crippen LogP contribution in [0, 0.1) is 0 Å². The minimum absolute atomic E-state index is 0.413. The van der Waals surface area contributed by atoms with Crippen LogP contribution in [0.1, 0.15) is 5.69 Å². The zero-order valence-electron chi connectivity index (χ0n) is 12.2. The Labute approximate surface area is 132 Å². The molecular weight excluding hydrogens is 290 g/mol. The lowest BCUT2D eigenvalue weighted by Crippen LogP contribution is -2.04. The van der Waals surface area contributed by atoms with Gasteiger partial charge in [0, 0.05) is 17.2 Å². The van der Waals surface area contributed by atoms with Gasteiger partial charge in [0.05, 0.1) is 0 Å². The molecule has 0 saturated carbocycles. The number of tetrazole rings is 1. The Kier molecular flexibility index (Phi) is 3.40. The molecule has 0 N–H and O–H groups in total. The minimum Gasteiger partial charge on any atom is -0.356 e. The topological polar surface area (TPSA) is 69.6 Å². The van der Waals surface area contributed by atoms with Gasteiger partial charge in [-0.1, -0.05) is 65.8 Å². The van der Waals surface area contributed by atoms with Crippen molar-refractivity contribution in [3.63, 3.8) is 0 Å². The number of benzene rings is 2. The number of hydrogen-bond acceptors (Lipinski definition) is 5. The molecule has 2 aromatic heterocycles. The van der Waals surface area contributed by atoms with Crippen LogP contribution in [0.25, 0.3) is 22.7 Å². The second-order valence-corrected chi connectivity index (χ2v) is 5.06. The van der Waals surface area contributed by atoms with Gasteiger partial charge in [0.25, 0.3) is 0 Å². The molecule has 0 spiro atoms. The quantitative estimate of drug-likeness (QED) is 0.579. The maximum Gasteiger partial charge on any atom is 0.204 e. The number of hydrogen-bond donors (Lipinski definition) is 0. The predicted octanol–water partition coefficient (Wildman–Crippen LogP) is 3.04. The van der Waals surface area contributed by atoms with Crippen LogP contribution in [-0.2, 0) is 6.54 Å². The number of rotatable bonds is 4. The average Bonchev–Trinajstić information content (AvgIpc) is 3.27. The Morgan fingerprint density at radius 1 is 0.870 bits per heavy atom. The van der Waals surface area contributed by atoms with Gasteiger partial charge in [-0.15, -0.1) is 10.2 Å². The highest BCUT2D eigenvalue weighted by atomic mass is 16.5. The summed E-state index contributed by atoms with van der Waals surface area (Å²) in [4.78, 5) is 1.51. The van der Waals surface area contributed by atoms with Crippen LogP contribution in [0.2, 0.25) is 0 Å². The van der Waals surface area contributed by atoms with E-state index in [1.807, 2.05) is 66.7 Å².